The van der Waals surface area contributed by atoms with Gasteiger partial charge in [0.25, 0.3) is 0 Å². The Bertz CT molecular complexity index is 305. The molecule has 2 heterocycles. The molecule has 1 aliphatic heterocycles. The molecule has 0 radical (unpaired) electrons. The number of nitrogens with one attached hydrogen (secondary N) is 2. The third kappa shape index (κ3) is 1.36. The number of hydrogen-bond donors (Lipinski definition) is 2. The Morgan fingerprint density at radius 1 is 1.50 bits per heavy atom. The van der Waals surface area contributed by atoms with E-state index in [-0.39, 0.29) is 5.54 Å². The van der Waals surface area contributed by atoms with Crippen LogP contribution in [0.5, 0.6) is 0 Å². The monoisotopic (exact) mass is 193 g/mol. The lowest BCUT2D eigenvalue weighted by Gasteiger charge is -2.36. The van der Waals surface area contributed by atoms with E-state index in [2.05, 4.69) is 29.1 Å². The van der Waals surface area contributed by atoms with Gasteiger partial charge < -0.3 is 10.3 Å². The normalized spacial score (nSPS) is 26.1. The molecule has 0 saturated carbocycles. The highest BCUT2D eigenvalue weighted by Gasteiger charge is 2.35. The van der Waals surface area contributed by atoms with E-state index in [0.717, 1.165) is 19.4 Å². The van der Waals surface area contributed by atoms with Crippen LogP contribution in [0.4, 0.5) is 0 Å². The second-order valence-corrected chi connectivity index (χ2v) is 4.09. The molecule has 3 heteroatoms. The third-order valence-corrected chi connectivity index (χ3v) is 3.29. The predicted octanol–water partition coefficient (Wildman–Crippen LogP) is 1.96. The average Bonchev–Trinajstić information content (AvgIpc) is 2.67. The van der Waals surface area contributed by atoms with Gasteiger partial charge in [0.2, 0.25) is 0 Å². The van der Waals surface area contributed by atoms with Gasteiger partial charge in [0, 0.05) is 18.7 Å². The Kier molecular flexibility index (Phi) is 2.59. The van der Waals surface area contributed by atoms with Crippen LogP contribution in [0.3, 0.4) is 0 Å². The van der Waals surface area contributed by atoms with Crippen LogP contribution in [-0.2, 0) is 12.0 Å². The molecule has 2 rings (SSSR count). The predicted molar refractivity (Wildman–Crippen MR) is 57.2 cm³/mol. The van der Waals surface area contributed by atoms with Crippen LogP contribution in [0.1, 0.15) is 44.5 Å². The number of hydrogen-bond acceptors (Lipinski definition) is 2. The Hall–Kier alpha value is -0.830. The number of imidazole rings is 1. The average molecular weight is 193 g/mol. The fourth-order valence-electron chi connectivity index (χ4n) is 2.54. The van der Waals surface area contributed by atoms with Crippen LogP contribution in [0.25, 0.3) is 0 Å². The zero-order valence-corrected chi connectivity index (χ0v) is 9.06. The topological polar surface area (TPSA) is 40.7 Å². The molecule has 14 heavy (non-hydrogen) atoms. The van der Waals surface area contributed by atoms with Crippen molar-refractivity contribution < 1.29 is 0 Å². The van der Waals surface area contributed by atoms with Crippen molar-refractivity contribution in [2.45, 2.75) is 45.1 Å². The van der Waals surface area contributed by atoms with Crippen molar-refractivity contribution in [3.63, 3.8) is 0 Å². The highest BCUT2D eigenvalue weighted by atomic mass is 15.1. The molecular formula is C11H19N3. The fourth-order valence-corrected chi connectivity index (χ4v) is 2.54. The summed E-state index contributed by atoms with van der Waals surface area (Å²) in [5.74, 6) is 0. The molecule has 1 aromatic heterocycles. The number of aromatic nitrogens is 2. The standard InChI is InChI=1S/C11H19N3/c1-3-6-11(4-2)10-9(5-7-14-11)12-8-13-10/h8,14H,3-7H2,1-2H3,(H,12,13). The maximum absolute atomic E-state index is 4.48. The summed E-state index contributed by atoms with van der Waals surface area (Å²) in [6, 6.07) is 0. The highest BCUT2D eigenvalue weighted by molar-refractivity contribution is 5.25. The molecule has 3 nitrogen and oxygen atoms in total. The van der Waals surface area contributed by atoms with E-state index in [1.807, 2.05) is 6.33 Å². The van der Waals surface area contributed by atoms with Crippen molar-refractivity contribution in [3.8, 4) is 0 Å². The first-order chi connectivity index (χ1) is 6.82. The second kappa shape index (κ2) is 3.73. The van der Waals surface area contributed by atoms with Gasteiger partial charge >= 0.3 is 0 Å². The number of fused-ring (bicyclic) bond motifs is 1. The van der Waals surface area contributed by atoms with E-state index in [0.29, 0.717) is 0 Å². The third-order valence-electron chi connectivity index (χ3n) is 3.29. The molecule has 0 aromatic carbocycles. The summed E-state index contributed by atoms with van der Waals surface area (Å²) in [5, 5.41) is 3.64. The van der Waals surface area contributed by atoms with Gasteiger partial charge in [-0.3, -0.25) is 0 Å². The summed E-state index contributed by atoms with van der Waals surface area (Å²) >= 11 is 0. The minimum Gasteiger partial charge on any atom is -0.348 e. The zero-order valence-electron chi connectivity index (χ0n) is 9.06. The van der Waals surface area contributed by atoms with Crippen LogP contribution in [0.2, 0.25) is 0 Å². The molecule has 0 aliphatic carbocycles. The molecule has 0 saturated heterocycles. The fraction of sp³-hybridized carbons (Fsp3) is 0.727. The van der Waals surface area contributed by atoms with Gasteiger partial charge in [-0.15, -0.1) is 0 Å². The largest absolute Gasteiger partial charge is 0.348 e. The molecule has 0 spiro atoms. The Morgan fingerprint density at radius 2 is 2.36 bits per heavy atom. The molecule has 1 atom stereocenters. The van der Waals surface area contributed by atoms with Crippen LogP contribution in [0.15, 0.2) is 6.33 Å². The maximum Gasteiger partial charge on any atom is 0.0926 e. The van der Waals surface area contributed by atoms with Gasteiger partial charge in [-0.05, 0) is 12.8 Å². The zero-order chi connectivity index (χ0) is 10.0. The molecule has 0 amide bonds. The van der Waals surface area contributed by atoms with E-state index in [4.69, 9.17) is 0 Å². The van der Waals surface area contributed by atoms with E-state index in [9.17, 15) is 0 Å². The minimum absolute atomic E-state index is 0.141. The SMILES string of the molecule is CCCC1(CC)NCCc2[nH]cnc21. The van der Waals surface area contributed by atoms with Crippen LogP contribution in [0, 0.1) is 0 Å². The number of aromatic amines is 1. The lowest BCUT2D eigenvalue weighted by molar-refractivity contribution is 0.271. The van der Waals surface area contributed by atoms with Gasteiger partial charge in [0.15, 0.2) is 0 Å². The molecule has 2 N–H and O–H groups in total. The molecule has 1 unspecified atom stereocenters. The summed E-state index contributed by atoms with van der Waals surface area (Å²) < 4.78 is 0. The lowest BCUT2D eigenvalue weighted by Crippen LogP contribution is -2.47. The molecule has 0 bridgehead atoms. The van der Waals surface area contributed by atoms with Crippen LogP contribution in [-0.4, -0.2) is 16.5 Å². The summed E-state index contributed by atoms with van der Waals surface area (Å²) in [7, 11) is 0. The van der Waals surface area contributed by atoms with Gasteiger partial charge in [-0.2, -0.15) is 0 Å². The summed E-state index contributed by atoms with van der Waals surface area (Å²) in [4.78, 5) is 7.74. The lowest BCUT2D eigenvalue weighted by atomic mass is 9.83. The van der Waals surface area contributed by atoms with Crippen molar-refractivity contribution in [1.82, 2.24) is 15.3 Å². The van der Waals surface area contributed by atoms with Crippen LogP contribution < -0.4 is 5.32 Å². The Balaban J connectivity index is 2.36. The first-order valence-electron chi connectivity index (χ1n) is 5.60. The van der Waals surface area contributed by atoms with Crippen LogP contribution >= 0.6 is 0 Å². The first kappa shape index (κ1) is 9.71. The van der Waals surface area contributed by atoms with E-state index < -0.39 is 0 Å². The summed E-state index contributed by atoms with van der Waals surface area (Å²) in [6.07, 6.45) is 6.42. The van der Waals surface area contributed by atoms with Gasteiger partial charge in [-0.25, -0.2) is 4.98 Å². The molecular weight excluding hydrogens is 174 g/mol. The van der Waals surface area contributed by atoms with Crippen molar-refractivity contribution in [2.24, 2.45) is 0 Å². The van der Waals surface area contributed by atoms with Gasteiger partial charge in [0.05, 0.1) is 17.6 Å². The Morgan fingerprint density at radius 3 is 3.07 bits per heavy atom. The van der Waals surface area contributed by atoms with Gasteiger partial charge in [0.1, 0.15) is 0 Å². The molecule has 0 fully saturated rings. The van der Waals surface area contributed by atoms with Crippen molar-refractivity contribution in [2.75, 3.05) is 6.54 Å². The van der Waals surface area contributed by atoms with Crippen molar-refractivity contribution in [3.05, 3.63) is 17.7 Å². The summed E-state index contributed by atoms with van der Waals surface area (Å²) in [5.41, 5.74) is 2.73. The minimum atomic E-state index is 0.141. The Labute approximate surface area is 85.3 Å². The first-order valence-corrected chi connectivity index (χ1v) is 5.60. The van der Waals surface area contributed by atoms with E-state index in [1.54, 1.807) is 0 Å². The molecule has 1 aliphatic rings. The maximum atomic E-state index is 4.48. The smallest absolute Gasteiger partial charge is 0.0926 e. The summed E-state index contributed by atoms with van der Waals surface area (Å²) in [6.45, 7) is 5.55. The number of nitrogens with zero attached hydrogens (tertiary/aromatic N) is 1. The van der Waals surface area contributed by atoms with E-state index >= 15 is 0 Å². The number of rotatable bonds is 3. The molecule has 1 aromatic rings. The van der Waals surface area contributed by atoms with Gasteiger partial charge in [-0.1, -0.05) is 20.3 Å². The number of H-pyrrole nitrogens is 1. The van der Waals surface area contributed by atoms with E-state index in [1.165, 1.54) is 24.2 Å². The highest BCUT2D eigenvalue weighted by Crippen LogP contribution is 2.33. The van der Waals surface area contributed by atoms with Crippen molar-refractivity contribution >= 4 is 0 Å². The van der Waals surface area contributed by atoms with Crippen molar-refractivity contribution in [1.29, 1.82) is 0 Å². The quantitative estimate of drug-likeness (QED) is 0.770. The molecule has 78 valence electrons. The second-order valence-electron chi connectivity index (χ2n) is 4.09.